The molecule has 3 aliphatic heterocycles. The number of hydrogen-bond donors (Lipinski definition) is 2. The zero-order valence-corrected chi connectivity index (χ0v) is 20.5. The highest BCUT2D eigenvalue weighted by atomic mass is 35.5. The van der Waals surface area contributed by atoms with Crippen LogP contribution in [-0.2, 0) is 15.0 Å². The van der Waals surface area contributed by atoms with Gasteiger partial charge in [0.15, 0.2) is 0 Å². The number of β-amino-alcohol motifs (C(OH)–C–C–N with tert-alkyl or cyclic N) is 1. The molecule has 3 heterocycles. The summed E-state index contributed by atoms with van der Waals surface area (Å²) in [7, 11) is 1.74. The van der Waals surface area contributed by atoms with Gasteiger partial charge in [0.2, 0.25) is 11.8 Å². The molecule has 3 unspecified atom stereocenters. The predicted octanol–water partition coefficient (Wildman–Crippen LogP) is 2.58. The Morgan fingerprint density at radius 1 is 1.29 bits per heavy atom. The summed E-state index contributed by atoms with van der Waals surface area (Å²) >= 11 is 6.47. The number of aliphatic hydroxyl groups is 2. The highest BCUT2D eigenvalue weighted by Gasteiger charge is 2.51. The number of alkyl halides is 1. The number of anilines is 1. The van der Waals surface area contributed by atoms with E-state index in [0.29, 0.717) is 52.0 Å². The molecule has 7 nitrogen and oxygen atoms in total. The molecular formula is C26H31ClFN3O4. The van der Waals surface area contributed by atoms with Gasteiger partial charge in [0.05, 0.1) is 22.8 Å². The summed E-state index contributed by atoms with van der Waals surface area (Å²) in [6, 6.07) is 4.55. The van der Waals surface area contributed by atoms with Crippen LogP contribution in [0.2, 0.25) is 0 Å². The summed E-state index contributed by atoms with van der Waals surface area (Å²) < 4.78 is 14.1. The number of amides is 2. The molecule has 1 aromatic rings. The number of piperidine rings is 1. The van der Waals surface area contributed by atoms with Crippen LogP contribution in [0, 0.1) is 17.7 Å². The lowest BCUT2D eigenvalue weighted by atomic mass is 9.73. The molecule has 2 fully saturated rings. The van der Waals surface area contributed by atoms with Gasteiger partial charge in [-0.3, -0.25) is 9.59 Å². The molecule has 3 atom stereocenters. The number of rotatable bonds is 5. The van der Waals surface area contributed by atoms with Crippen LogP contribution in [0.5, 0.6) is 0 Å². The molecule has 1 aliphatic carbocycles. The third-order valence-corrected chi connectivity index (χ3v) is 8.53. The van der Waals surface area contributed by atoms with Crippen LogP contribution in [-0.4, -0.2) is 83.1 Å². The Balaban J connectivity index is 1.31. The fourth-order valence-electron chi connectivity index (χ4n) is 6.02. The van der Waals surface area contributed by atoms with Crippen molar-refractivity contribution in [2.75, 3.05) is 44.7 Å². The fourth-order valence-corrected chi connectivity index (χ4v) is 6.26. The van der Waals surface area contributed by atoms with Crippen LogP contribution in [0.1, 0.15) is 24.8 Å². The third-order valence-electron chi connectivity index (χ3n) is 8.06. The Morgan fingerprint density at radius 3 is 2.69 bits per heavy atom. The van der Waals surface area contributed by atoms with Crippen molar-refractivity contribution in [3.05, 3.63) is 53.6 Å². The van der Waals surface area contributed by atoms with Gasteiger partial charge >= 0.3 is 0 Å². The van der Waals surface area contributed by atoms with Crippen LogP contribution in [0.4, 0.5) is 10.1 Å². The molecule has 2 saturated heterocycles. The van der Waals surface area contributed by atoms with Crippen LogP contribution in [0.25, 0.3) is 0 Å². The van der Waals surface area contributed by atoms with E-state index in [9.17, 15) is 24.2 Å². The molecule has 2 N–H and O–H groups in total. The predicted molar refractivity (Wildman–Crippen MR) is 131 cm³/mol. The van der Waals surface area contributed by atoms with Crippen LogP contribution < -0.4 is 4.90 Å². The summed E-state index contributed by atoms with van der Waals surface area (Å²) in [5.74, 6) is -0.759. The minimum atomic E-state index is -0.728. The molecule has 0 radical (unpaired) electrons. The molecule has 9 heteroatoms. The number of likely N-dealkylation sites (tertiary alicyclic amines) is 2. The van der Waals surface area contributed by atoms with Crippen molar-refractivity contribution in [3.8, 4) is 0 Å². The molecule has 4 aliphatic rings. The number of halogens is 2. The smallest absolute Gasteiger partial charge is 0.237 e. The number of benzene rings is 1. The lowest BCUT2D eigenvalue weighted by Gasteiger charge is -2.42. The number of carbonyl (C=O) groups excluding carboxylic acids is 2. The van der Waals surface area contributed by atoms with E-state index in [4.69, 9.17) is 11.6 Å². The number of likely N-dealkylation sites (N-methyl/N-ethyl adjacent to an activating group) is 1. The first-order valence-corrected chi connectivity index (χ1v) is 12.6. The summed E-state index contributed by atoms with van der Waals surface area (Å²) in [6.07, 6.45) is 6.11. The summed E-state index contributed by atoms with van der Waals surface area (Å²) in [6.45, 7) is 2.38. The molecule has 188 valence electrons. The van der Waals surface area contributed by atoms with Crippen LogP contribution >= 0.6 is 11.6 Å². The maximum absolute atomic E-state index is 14.1. The number of hydrogen-bond acceptors (Lipinski definition) is 5. The van der Waals surface area contributed by atoms with Gasteiger partial charge in [0.1, 0.15) is 11.6 Å². The van der Waals surface area contributed by atoms with Crippen molar-refractivity contribution in [3.63, 3.8) is 0 Å². The third kappa shape index (κ3) is 4.36. The molecule has 0 aromatic heterocycles. The Hall–Kier alpha value is -2.42. The molecule has 0 bridgehead atoms. The van der Waals surface area contributed by atoms with Gasteiger partial charge in [-0.2, -0.15) is 0 Å². The first-order chi connectivity index (χ1) is 16.7. The van der Waals surface area contributed by atoms with Gasteiger partial charge in [-0.05, 0) is 68.3 Å². The zero-order valence-electron chi connectivity index (χ0n) is 19.7. The van der Waals surface area contributed by atoms with Gasteiger partial charge < -0.3 is 24.9 Å². The largest absolute Gasteiger partial charge is 0.508 e. The topological polar surface area (TPSA) is 84.3 Å². The normalized spacial score (nSPS) is 27.1. The molecule has 1 aromatic carbocycles. The van der Waals surface area contributed by atoms with Crippen molar-refractivity contribution in [2.24, 2.45) is 11.8 Å². The highest BCUT2D eigenvalue weighted by molar-refractivity contribution is 6.22. The highest BCUT2D eigenvalue weighted by Crippen LogP contribution is 2.47. The number of fused-ring (bicyclic) bond motifs is 2. The lowest BCUT2D eigenvalue weighted by molar-refractivity contribution is -0.147. The average molecular weight is 504 g/mol. The lowest BCUT2D eigenvalue weighted by Crippen LogP contribution is -2.57. The first-order valence-electron chi connectivity index (χ1n) is 12.2. The summed E-state index contributed by atoms with van der Waals surface area (Å²) in [4.78, 5) is 32.0. The van der Waals surface area contributed by atoms with E-state index in [1.54, 1.807) is 41.1 Å². The minimum absolute atomic E-state index is 0.000435. The van der Waals surface area contributed by atoms with Crippen LogP contribution in [0.3, 0.4) is 0 Å². The maximum Gasteiger partial charge on any atom is 0.237 e. The van der Waals surface area contributed by atoms with Crippen molar-refractivity contribution in [2.45, 2.75) is 36.2 Å². The van der Waals surface area contributed by atoms with Gasteiger partial charge in [0, 0.05) is 38.3 Å². The van der Waals surface area contributed by atoms with E-state index in [0.717, 1.165) is 11.3 Å². The van der Waals surface area contributed by atoms with Crippen molar-refractivity contribution in [1.82, 2.24) is 9.80 Å². The number of aliphatic hydroxyl groups excluding tert-OH is 2. The van der Waals surface area contributed by atoms with Crippen molar-refractivity contribution < 1.29 is 24.2 Å². The second kappa shape index (κ2) is 9.22. The van der Waals surface area contributed by atoms with Crippen LogP contribution in [0.15, 0.2) is 42.2 Å². The molecular weight excluding hydrogens is 473 g/mol. The molecule has 35 heavy (non-hydrogen) atoms. The van der Waals surface area contributed by atoms with E-state index in [1.165, 1.54) is 12.1 Å². The monoisotopic (exact) mass is 503 g/mol. The first kappa shape index (κ1) is 24.3. The quantitative estimate of drug-likeness (QED) is 0.603. The van der Waals surface area contributed by atoms with Gasteiger partial charge in [0.25, 0.3) is 0 Å². The fraction of sp³-hybridized carbons (Fsp3) is 0.538. The maximum atomic E-state index is 14.1. The standard InChI is InChI=1S/C26H31ClFN3O4/c1-29-23-5-2-18(28)12-21(23)26(25(29)35)6-8-30(9-7-26)13-17(24(34)31-14-20(33)15-31)10-16-11-19(32)3-4-22(16)27/h2-5,11-12,16-17,20,22,32-33H,6-10,13-15H2,1H3. The number of carbonyl (C=O) groups is 2. The second-order valence-electron chi connectivity index (χ2n) is 10.3. The van der Waals surface area contributed by atoms with E-state index in [-0.39, 0.29) is 40.6 Å². The average Bonchev–Trinajstić information content (AvgIpc) is 3.01. The Bertz CT molecular complexity index is 1080. The molecule has 5 rings (SSSR count). The van der Waals surface area contributed by atoms with E-state index >= 15 is 0 Å². The number of nitrogens with zero attached hydrogens (tertiary/aromatic N) is 3. The zero-order chi connectivity index (χ0) is 24.9. The molecule has 2 amide bonds. The minimum Gasteiger partial charge on any atom is -0.508 e. The molecule has 1 spiro atoms. The van der Waals surface area contributed by atoms with Gasteiger partial charge in [-0.15, -0.1) is 11.6 Å². The van der Waals surface area contributed by atoms with Crippen molar-refractivity contribution in [1.29, 1.82) is 0 Å². The SMILES string of the molecule is CN1C(=O)C2(CCN(CC(CC3C=C(O)C=CC3Cl)C(=O)N3CC(O)C3)CC2)c2cc(F)ccc21. The second-order valence-corrected chi connectivity index (χ2v) is 10.8. The van der Waals surface area contributed by atoms with Gasteiger partial charge in [-0.1, -0.05) is 6.08 Å². The summed E-state index contributed by atoms with van der Waals surface area (Å²) in [5.41, 5.74) is 0.791. The Labute approximate surface area is 209 Å². The Morgan fingerprint density at radius 2 is 2.00 bits per heavy atom. The van der Waals surface area contributed by atoms with Crippen molar-refractivity contribution >= 4 is 29.1 Å². The number of allylic oxidation sites excluding steroid dienone is 3. The van der Waals surface area contributed by atoms with Gasteiger partial charge in [-0.25, -0.2) is 4.39 Å². The molecule has 0 saturated carbocycles. The Kier molecular flexibility index (Phi) is 6.40. The summed E-state index contributed by atoms with van der Waals surface area (Å²) in [5, 5.41) is 19.3. The van der Waals surface area contributed by atoms with E-state index < -0.39 is 11.5 Å². The van der Waals surface area contributed by atoms with E-state index in [1.807, 2.05) is 0 Å². The van der Waals surface area contributed by atoms with E-state index in [2.05, 4.69) is 4.90 Å².